The van der Waals surface area contributed by atoms with Gasteiger partial charge in [0.15, 0.2) is 0 Å². The van der Waals surface area contributed by atoms with E-state index in [-0.39, 0.29) is 0 Å². The summed E-state index contributed by atoms with van der Waals surface area (Å²) in [4.78, 5) is 14.5. The Morgan fingerprint density at radius 2 is 0.941 bits per heavy atom. The molecule has 0 spiro atoms. The van der Waals surface area contributed by atoms with Crippen LogP contribution in [-0.4, -0.2) is 19.6 Å². The molecule has 0 saturated carbocycles. The third-order valence-corrected chi connectivity index (χ3v) is 2.39. The van der Waals surface area contributed by atoms with Crippen molar-refractivity contribution in [3.63, 3.8) is 0 Å². The summed E-state index contributed by atoms with van der Waals surface area (Å²) in [5, 5.41) is 0. The van der Waals surface area contributed by atoms with Gasteiger partial charge in [-0.1, -0.05) is 60.7 Å². The fourth-order valence-electron chi connectivity index (χ4n) is 1.58. The van der Waals surface area contributed by atoms with Crippen molar-refractivity contribution in [3.8, 4) is 0 Å². The highest BCUT2D eigenvalue weighted by molar-refractivity contribution is 6.13. The van der Waals surface area contributed by atoms with Crippen molar-refractivity contribution in [3.05, 3.63) is 71.8 Å². The first kappa shape index (κ1) is 13.6. The van der Waals surface area contributed by atoms with E-state index in [4.69, 9.17) is 9.59 Å². The third kappa shape index (κ3) is 6.02. The minimum atomic E-state index is -1.58. The lowest BCUT2D eigenvalue weighted by atomic mass is 10.0. The van der Waals surface area contributed by atoms with Gasteiger partial charge in [-0.15, -0.1) is 0 Å². The number of rotatable bonds is 3. The van der Waals surface area contributed by atoms with E-state index in [2.05, 4.69) is 60.7 Å². The van der Waals surface area contributed by atoms with Gasteiger partial charge in [-0.3, -0.25) is 0 Å². The second-order valence-electron chi connectivity index (χ2n) is 3.61. The van der Waals surface area contributed by atoms with E-state index < -0.39 is 10.0 Å². The molecule has 0 aromatic heterocycles. The smallest absolute Gasteiger partial charge is 0.299 e. The van der Waals surface area contributed by atoms with E-state index in [1.165, 1.54) is 11.1 Å². The third-order valence-electron chi connectivity index (χ3n) is 2.39. The molecule has 0 amide bonds. The number of aryl methyl sites for hydroxylation is 2. The monoisotopic (exact) mass is 246 g/mol. The normalized spacial score (nSPS) is 9.29. The highest BCUT2D eigenvalue weighted by Crippen LogP contribution is 2.06. The first-order valence-electron chi connectivity index (χ1n) is 5.66. The average molecular weight is 246 g/mol. The maximum absolute atomic E-state index is 7.26. The molecule has 2 aromatic rings. The van der Waals surface area contributed by atoms with E-state index in [0.717, 1.165) is 12.8 Å². The van der Waals surface area contributed by atoms with Gasteiger partial charge in [0.2, 0.25) is 0 Å². The standard InChI is InChI=1S/C14H14.H4O2Si/c1-3-7-13(8-4-1)11-12-14-9-5-2-6-10-14;1-3-2/h1-10H,11-12H2;1-2H,3H2. The minimum absolute atomic E-state index is 1.13. The lowest BCUT2D eigenvalue weighted by Gasteiger charge is -2.01. The maximum Gasteiger partial charge on any atom is 0.299 e. The molecule has 0 atom stereocenters. The SMILES string of the molecule is O[SiH2]O.c1ccc(CCc2ccccc2)cc1. The largest absolute Gasteiger partial charge is 0.415 e. The molecule has 0 aliphatic carbocycles. The number of hydrogen-bond acceptors (Lipinski definition) is 2. The lowest BCUT2D eigenvalue weighted by molar-refractivity contribution is 0.448. The molecule has 2 N–H and O–H groups in total. The van der Waals surface area contributed by atoms with E-state index in [9.17, 15) is 0 Å². The predicted molar refractivity (Wildman–Crippen MR) is 73.3 cm³/mol. The zero-order chi connectivity index (χ0) is 12.3. The van der Waals surface area contributed by atoms with Crippen molar-refractivity contribution >= 4 is 10.0 Å². The molecule has 2 rings (SSSR count). The van der Waals surface area contributed by atoms with Gasteiger partial charge in [0.1, 0.15) is 0 Å². The molecule has 0 unspecified atom stereocenters. The van der Waals surface area contributed by atoms with Crippen molar-refractivity contribution in [2.24, 2.45) is 0 Å². The molecule has 0 fully saturated rings. The van der Waals surface area contributed by atoms with Crippen LogP contribution in [0.2, 0.25) is 0 Å². The second-order valence-corrected chi connectivity index (χ2v) is 3.90. The van der Waals surface area contributed by atoms with Crippen LogP contribution >= 0.6 is 0 Å². The van der Waals surface area contributed by atoms with Crippen molar-refractivity contribution in [2.45, 2.75) is 12.8 Å². The molecular weight excluding hydrogens is 228 g/mol. The molecule has 0 radical (unpaired) electrons. The number of benzene rings is 2. The highest BCUT2D eigenvalue weighted by atomic mass is 28.2. The van der Waals surface area contributed by atoms with Crippen LogP contribution in [0.4, 0.5) is 0 Å². The molecule has 2 aromatic carbocycles. The van der Waals surface area contributed by atoms with Gasteiger partial charge in [0.25, 0.3) is 10.0 Å². The van der Waals surface area contributed by atoms with Crippen LogP contribution in [0, 0.1) is 0 Å². The summed E-state index contributed by atoms with van der Waals surface area (Å²) in [6.45, 7) is 0. The molecule has 0 aliphatic rings. The van der Waals surface area contributed by atoms with Crippen LogP contribution in [0.3, 0.4) is 0 Å². The van der Waals surface area contributed by atoms with E-state index in [0.29, 0.717) is 0 Å². The predicted octanol–water partition coefficient (Wildman–Crippen LogP) is 1.44. The molecule has 90 valence electrons. The van der Waals surface area contributed by atoms with Gasteiger partial charge in [0, 0.05) is 0 Å². The molecule has 0 bridgehead atoms. The van der Waals surface area contributed by atoms with Crippen LogP contribution in [0.1, 0.15) is 11.1 Å². The molecular formula is C14H18O2Si. The van der Waals surface area contributed by atoms with E-state index in [1.54, 1.807) is 0 Å². The Morgan fingerprint density at radius 3 is 1.24 bits per heavy atom. The van der Waals surface area contributed by atoms with Crippen molar-refractivity contribution in [2.75, 3.05) is 0 Å². The molecule has 0 aliphatic heterocycles. The Kier molecular flexibility index (Phi) is 6.98. The fourth-order valence-corrected chi connectivity index (χ4v) is 1.58. The first-order chi connectivity index (χ1) is 8.36. The average Bonchev–Trinajstić information content (AvgIpc) is 2.40. The van der Waals surface area contributed by atoms with Crippen LogP contribution in [-0.2, 0) is 12.8 Å². The van der Waals surface area contributed by atoms with Crippen LogP contribution in [0.25, 0.3) is 0 Å². The molecule has 17 heavy (non-hydrogen) atoms. The van der Waals surface area contributed by atoms with Gasteiger partial charge in [-0.2, -0.15) is 0 Å². The topological polar surface area (TPSA) is 40.5 Å². The first-order valence-corrected chi connectivity index (χ1v) is 6.93. The zero-order valence-corrected chi connectivity index (χ0v) is 11.2. The Balaban J connectivity index is 0.000000437. The highest BCUT2D eigenvalue weighted by Gasteiger charge is 1.93. The van der Waals surface area contributed by atoms with Crippen molar-refractivity contribution in [1.29, 1.82) is 0 Å². The van der Waals surface area contributed by atoms with Gasteiger partial charge in [-0.05, 0) is 24.0 Å². The Hall–Kier alpha value is -1.42. The Labute approximate surface area is 105 Å². The number of hydrogen-bond donors (Lipinski definition) is 2. The Bertz CT molecular complexity index is 350. The lowest BCUT2D eigenvalue weighted by Crippen LogP contribution is -1.89. The Morgan fingerprint density at radius 1 is 0.647 bits per heavy atom. The molecule has 3 heteroatoms. The van der Waals surface area contributed by atoms with Crippen LogP contribution < -0.4 is 0 Å². The summed E-state index contributed by atoms with van der Waals surface area (Å²) in [6, 6.07) is 21.2. The second kappa shape index (κ2) is 8.70. The summed E-state index contributed by atoms with van der Waals surface area (Å²) in [5.41, 5.74) is 2.83. The van der Waals surface area contributed by atoms with Crippen molar-refractivity contribution < 1.29 is 9.59 Å². The minimum Gasteiger partial charge on any atom is -0.415 e. The van der Waals surface area contributed by atoms with Gasteiger partial charge in [0.05, 0.1) is 0 Å². The molecule has 0 saturated heterocycles. The van der Waals surface area contributed by atoms with Crippen molar-refractivity contribution in [1.82, 2.24) is 0 Å². The van der Waals surface area contributed by atoms with Crippen LogP contribution in [0.5, 0.6) is 0 Å². The molecule has 0 heterocycles. The zero-order valence-electron chi connectivity index (χ0n) is 9.79. The van der Waals surface area contributed by atoms with Crippen LogP contribution in [0.15, 0.2) is 60.7 Å². The summed E-state index contributed by atoms with van der Waals surface area (Å²) in [6.07, 6.45) is 2.26. The van der Waals surface area contributed by atoms with E-state index in [1.807, 2.05) is 0 Å². The van der Waals surface area contributed by atoms with Gasteiger partial charge in [-0.25, -0.2) is 0 Å². The summed E-state index contributed by atoms with van der Waals surface area (Å²) < 4.78 is 0. The fraction of sp³-hybridized carbons (Fsp3) is 0.143. The molecule has 2 nitrogen and oxygen atoms in total. The van der Waals surface area contributed by atoms with E-state index >= 15 is 0 Å². The summed E-state index contributed by atoms with van der Waals surface area (Å²) in [7, 11) is -1.58. The summed E-state index contributed by atoms with van der Waals surface area (Å²) in [5.74, 6) is 0. The maximum atomic E-state index is 7.26. The summed E-state index contributed by atoms with van der Waals surface area (Å²) >= 11 is 0. The van der Waals surface area contributed by atoms with Gasteiger partial charge >= 0.3 is 0 Å². The quantitative estimate of drug-likeness (QED) is 0.805. The van der Waals surface area contributed by atoms with Gasteiger partial charge < -0.3 is 9.59 Å².